The van der Waals surface area contributed by atoms with Crippen LogP contribution in [0.3, 0.4) is 0 Å². The summed E-state index contributed by atoms with van der Waals surface area (Å²) in [6.45, 7) is 8.56. The quantitative estimate of drug-likeness (QED) is 0.843. The van der Waals surface area contributed by atoms with Gasteiger partial charge in [-0.2, -0.15) is 0 Å². The van der Waals surface area contributed by atoms with Gasteiger partial charge >= 0.3 is 0 Å². The van der Waals surface area contributed by atoms with Gasteiger partial charge in [0.2, 0.25) is 0 Å². The molecule has 0 fully saturated rings. The van der Waals surface area contributed by atoms with Crippen LogP contribution >= 0.6 is 0 Å². The van der Waals surface area contributed by atoms with Crippen molar-refractivity contribution >= 4 is 17.0 Å². The van der Waals surface area contributed by atoms with Crippen molar-refractivity contribution in [3.05, 3.63) is 18.0 Å². The molecule has 0 aliphatic carbocycles. The monoisotopic (exact) mass is 218 g/mol. The van der Waals surface area contributed by atoms with Crippen LogP contribution in [0.5, 0.6) is 0 Å². The minimum Gasteiger partial charge on any atom is -0.384 e. The van der Waals surface area contributed by atoms with E-state index in [4.69, 9.17) is 5.73 Å². The lowest BCUT2D eigenvalue weighted by atomic mass is 10.2. The summed E-state index contributed by atoms with van der Waals surface area (Å²) in [4.78, 5) is 9.00. The molecule has 2 aromatic heterocycles. The lowest BCUT2D eigenvalue weighted by Crippen LogP contribution is -2.08. The molecule has 2 heterocycles. The Morgan fingerprint density at radius 1 is 1.12 bits per heavy atom. The van der Waals surface area contributed by atoms with Crippen LogP contribution in [0.2, 0.25) is 0 Å². The molecule has 0 saturated heterocycles. The number of fused-ring (bicyclic) bond motifs is 1. The van der Waals surface area contributed by atoms with Gasteiger partial charge in [0.15, 0.2) is 5.65 Å². The van der Waals surface area contributed by atoms with Gasteiger partial charge in [0, 0.05) is 12.0 Å². The molecule has 0 amide bonds. The summed E-state index contributed by atoms with van der Waals surface area (Å²) in [6.07, 6.45) is 0. The van der Waals surface area contributed by atoms with E-state index in [1.807, 2.05) is 6.07 Å². The molecule has 4 heteroatoms. The predicted octanol–water partition coefficient (Wildman–Crippen LogP) is 2.72. The van der Waals surface area contributed by atoms with Crippen LogP contribution in [-0.2, 0) is 0 Å². The number of nitrogens with zero attached hydrogens (tertiary/aromatic N) is 3. The number of nitrogen functional groups attached to an aromatic ring is 1. The molecule has 2 N–H and O–H groups in total. The Bertz CT molecular complexity index is 511. The summed E-state index contributed by atoms with van der Waals surface area (Å²) in [7, 11) is 0. The van der Waals surface area contributed by atoms with E-state index in [-0.39, 0.29) is 0 Å². The van der Waals surface area contributed by atoms with Crippen molar-refractivity contribution in [1.82, 2.24) is 14.5 Å². The Kier molecular flexibility index (Phi) is 2.58. The topological polar surface area (TPSA) is 56.7 Å². The van der Waals surface area contributed by atoms with E-state index in [9.17, 15) is 0 Å². The van der Waals surface area contributed by atoms with E-state index in [0.717, 1.165) is 17.0 Å². The van der Waals surface area contributed by atoms with Crippen molar-refractivity contribution in [3.63, 3.8) is 0 Å². The standard InChI is InChI=1S/C12H18N4/c1-7(2)11-14-9-5-6-10(13)15-12(9)16(11)8(3)4/h5-8H,1-4H3,(H2,13,15). The average Bonchev–Trinajstić information content (AvgIpc) is 2.55. The number of rotatable bonds is 2. The number of anilines is 1. The second-order valence-electron chi connectivity index (χ2n) is 4.67. The van der Waals surface area contributed by atoms with Crippen LogP contribution in [0.4, 0.5) is 5.82 Å². The molecule has 16 heavy (non-hydrogen) atoms. The first-order valence-corrected chi connectivity index (χ1v) is 5.65. The van der Waals surface area contributed by atoms with Crippen LogP contribution < -0.4 is 5.73 Å². The molecule has 0 bridgehead atoms. The maximum atomic E-state index is 5.73. The van der Waals surface area contributed by atoms with Crippen molar-refractivity contribution in [1.29, 1.82) is 0 Å². The third-order valence-corrected chi connectivity index (χ3v) is 2.62. The normalized spacial score (nSPS) is 11.9. The Morgan fingerprint density at radius 3 is 2.38 bits per heavy atom. The Labute approximate surface area is 95.5 Å². The Balaban J connectivity index is 2.77. The largest absolute Gasteiger partial charge is 0.384 e. The molecular formula is C12H18N4. The number of imidazole rings is 1. The average molecular weight is 218 g/mol. The van der Waals surface area contributed by atoms with Crippen molar-refractivity contribution in [2.45, 2.75) is 39.7 Å². The number of hydrogen-bond donors (Lipinski definition) is 1. The van der Waals surface area contributed by atoms with Crippen molar-refractivity contribution in [3.8, 4) is 0 Å². The van der Waals surface area contributed by atoms with E-state index >= 15 is 0 Å². The third-order valence-electron chi connectivity index (χ3n) is 2.62. The first-order chi connectivity index (χ1) is 7.50. The zero-order chi connectivity index (χ0) is 11.9. The van der Waals surface area contributed by atoms with Gasteiger partial charge in [-0.1, -0.05) is 13.8 Å². The second-order valence-corrected chi connectivity index (χ2v) is 4.67. The molecule has 0 unspecified atom stereocenters. The van der Waals surface area contributed by atoms with Crippen molar-refractivity contribution < 1.29 is 0 Å². The fourth-order valence-corrected chi connectivity index (χ4v) is 1.92. The molecule has 0 aliphatic rings. The van der Waals surface area contributed by atoms with E-state index in [0.29, 0.717) is 17.8 Å². The van der Waals surface area contributed by atoms with Crippen LogP contribution in [0.15, 0.2) is 12.1 Å². The molecule has 0 atom stereocenters. The summed E-state index contributed by atoms with van der Waals surface area (Å²) in [5.41, 5.74) is 7.54. The smallest absolute Gasteiger partial charge is 0.162 e. The maximum Gasteiger partial charge on any atom is 0.162 e. The van der Waals surface area contributed by atoms with Gasteiger partial charge in [-0.05, 0) is 26.0 Å². The highest BCUT2D eigenvalue weighted by Crippen LogP contribution is 2.24. The van der Waals surface area contributed by atoms with Crippen LogP contribution in [0.25, 0.3) is 11.2 Å². The summed E-state index contributed by atoms with van der Waals surface area (Å²) in [5.74, 6) is 2.01. The van der Waals surface area contributed by atoms with Crippen molar-refractivity contribution in [2.24, 2.45) is 0 Å². The lowest BCUT2D eigenvalue weighted by molar-refractivity contribution is 0.561. The highest BCUT2D eigenvalue weighted by Gasteiger charge is 2.16. The van der Waals surface area contributed by atoms with Crippen LogP contribution in [-0.4, -0.2) is 14.5 Å². The molecule has 0 spiro atoms. The molecule has 2 aromatic rings. The SMILES string of the molecule is CC(C)c1nc2ccc(N)nc2n1C(C)C. The van der Waals surface area contributed by atoms with Gasteiger partial charge in [-0.25, -0.2) is 9.97 Å². The number of aromatic nitrogens is 3. The Hall–Kier alpha value is -1.58. The van der Waals surface area contributed by atoms with E-state index < -0.39 is 0 Å². The van der Waals surface area contributed by atoms with E-state index in [2.05, 4.69) is 42.2 Å². The Morgan fingerprint density at radius 2 is 1.81 bits per heavy atom. The first kappa shape index (κ1) is 10.9. The van der Waals surface area contributed by atoms with E-state index in [1.165, 1.54) is 0 Å². The molecule has 0 aliphatic heterocycles. The fourth-order valence-electron chi connectivity index (χ4n) is 1.92. The number of nitrogens with two attached hydrogens (primary N) is 1. The molecular weight excluding hydrogens is 200 g/mol. The third kappa shape index (κ3) is 1.64. The molecule has 0 saturated carbocycles. The molecule has 86 valence electrons. The molecule has 2 rings (SSSR count). The molecule has 4 nitrogen and oxygen atoms in total. The lowest BCUT2D eigenvalue weighted by Gasteiger charge is -2.14. The number of hydrogen-bond acceptors (Lipinski definition) is 3. The molecule has 0 aromatic carbocycles. The summed E-state index contributed by atoms with van der Waals surface area (Å²) < 4.78 is 2.16. The zero-order valence-electron chi connectivity index (χ0n) is 10.2. The van der Waals surface area contributed by atoms with Gasteiger partial charge in [-0.3, -0.25) is 0 Å². The first-order valence-electron chi connectivity index (χ1n) is 5.65. The van der Waals surface area contributed by atoms with Crippen LogP contribution in [0, 0.1) is 0 Å². The van der Waals surface area contributed by atoms with Gasteiger partial charge in [0.1, 0.15) is 17.2 Å². The van der Waals surface area contributed by atoms with Crippen LogP contribution in [0.1, 0.15) is 45.5 Å². The fraction of sp³-hybridized carbons (Fsp3) is 0.500. The maximum absolute atomic E-state index is 5.73. The van der Waals surface area contributed by atoms with Gasteiger partial charge in [0.05, 0.1) is 0 Å². The van der Waals surface area contributed by atoms with E-state index in [1.54, 1.807) is 6.07 Å². The predicted molar refractivity (Wildman–Crippen MR) is 66.4 cm³/mol. The summed E-state index contributed by atoms with van der Waals surface area (Å²) in [5, 5.41) is 0. The summed E-state index contributed by atoms with van der Waals surface area (Å²) in [6, 6.07) is 4.07. The second kappa shape index (κ2) is 3.77. The highest BCUT2D eigenvalue weighted by atomic mass is 15.2. The van der Waals surface area contributed by atoms with Crippen molar-refractivity contribution in [2.75, 3.05) is 5.73 Å². The minimum absolute atomic E-state index is 0.344. The van der Waals surface area contributed by atoms with Gasteiger partial charge < -0.3 is 10.3 Å². The highest BCUT2D eigenvalue weighted by molar-refractivity contribution is 5.73. The van der Waals surface area contributed by atoms with Gasteiger partial charge in [0.25, 0.3) is 0 Å². The summed E-state index contributed by atoms with van der Waals surface area (Å²) >= 11 is 0. The molecule has 0 radical (unpaired) electrons. The zero-order valence-corrected chi connectivity index (χ0v) is 10.2. The number of pyridine rings is 1. The van der Waals surface area contributed by atoms with Gasteiger partial charge in [-0.15, -0.1) is 0 Å². The minimum atomic E-state index is 0.344.